The molecule has 24 heteroatoms. The Hall–Kier alpha value is -3.47. The van der Waals surface area contributed by atoms with Gasteiger partial charge in [-0.25, -0.2) is 0 Å². The Kier molecular flexibility index (Phi) is 26.9. The number of benzene rings is 2. The van der Waals surface area contributed by atoms with Crippen molar-refractivity contribution >= 4 is 53.9 Å². The van der Waals surface area contributed by atoms with Crippen LogP contribution in [0.1, 0.15) is 106 Å². The van der Waals surface area contributed by atoms with Crippen LogP contribution in [-0.2, 0) is 58.3 Å². The van der Waals surface area contributed by atoms with E-state index in [0.717, 1.165) is 66.6 Å². The van der Waals surface area contributed by atoms with Crippen molar-refractivity contribution in [1.82, 2.24) is 9.80 Å². The molecule has 11 rings (SSSR count). The van der Waals surface area contributed by atoms with E-state index in [9.17, 15) is 33.3 Å². The van der Waals surface area contributed by atoms with Gasteiger partial charge in [-0.3, -0.25) is 9.69 Å². The van der Waals surface area contributed by atoms with Gasteiger partial charge in [0.05, 0.1) is 72.9 Å². The van der Waals surface area contributed by atoms with Gasteiger partial charge in [-0.15, -0.1) is 24.8 Å². The number of ether oxygens (including phenoxy) is 10. The predicted molar refractivity (Wildman–Crippen MR) is 355 cm³/mol. The highest BCUT2D eigenvalue weighted by atomic mass is 35.5. The zero-order valence-electron chi connectivity index (χ0n) is 55.8. The number of hydrogen-bond acceptors (Lipinski definition) is 19. The molecule has 0 radical (unpaired) electrons. The van der Waals surface area contributed by atoms with Gasteiger partial charge in [-0.2, -0.15) is 13.2 Å². The summed E-state index contributed by atoms with van der Waals surface area (Å²) in [5, 5.41) is 43.3. The van der Waals surface area contributed by atoms with E-state index in [1.165, 1.54) is 23.9 Å². The normalized spacial score (nSPS) is 36.6. The minimum absolute atomic E-state index is 0. The second kappa shape index (κ2) is 33.1. The summed E-state index contributed by atoms with van der Waals surface area (Å²) in [7, 11) is 3.22. The molecule has 20 atom stereocenters. The fourth-order valence-electron chi connectivity index (χ4n) is 14.6. The van der Waals surface area contributed by atoms with Crippen molar-refractivity contribution in [2.75, 3.05) is 78.1 Å². The highest BCUT2D eigenvalue weighted by Crippen LogP contribution is 2.51. The second-order valence-corrected chi connectivity index (χ2v) is 27.7. The molecule has 1 aliphatic carbocycles. The molecule has 526 valence electrons. The molecule has 8 aliphatic heterocycles. The van der Waals surface area contributed by atoms with Gasteiger partial charge in [0.2, 0.25) is 0 Å². The van der Waals surface area contributed by atoms with Crippen molar-refractivity contribution < 1.29 is 85.8 Å². The average Bonchev–Trinajstić information content (AvgIpc) is 1.50. The van der Waals surface area contributed by atoms with Crippen molar-refractivity contribution in [1.29, 1.82) is 0 Å². The SMILES string of the molecule is CCC(C)C1OC2(C=CC1C)CC1CC(CC=C(C)C(OC3CC(OC)C(OC4CC(OC)C(O)C(C)O4)C(C)O3)C(C)C=CC=C3COC4C(O)C(C)=CC(C(=O)O1)C34O)O2.Cl.Cl.OCCN1CCN(CCCN2c3ccccc3Sc3ccc(C(F)(F)F)cc32)CC1. The number of aliphatic hydroxyl groups excluding tert-OH is 3. The Morgan fingerprint density at radius 2 is 1.49 bits per heavy atom. The molecule has 0 saturated carbocycles. The van der Waals surface area contributed by atoms with Gasteiger partial charge in [-0.05, 0) is 106 Å². The summed E-state index contributed by atoms with van der Waals surface area (Å²) in [4.78, 5) is 23.0. The van der Waals surface area contributed by atoms with E-state index in [2.05, 4.69) is 49.6 Å². The minimum Gasteiger partial charge on any atom is -0.462 e. The van der Waals surface area contributed by atoms with Crippen LogP contribution in [0, 0.1) is 23.7 Å². The number of carbonyl (C=O) groups is 1. The van der Waals surface area contributed by atoms with Crippen LogP contribution < -0.4 is 4.90 Å². The molecule has 2 bridgehead atoms. The summed E-state index contributed by atoms with van der Waals surface area (Å²) in [6, 6.07) is 11.9. The molecule has 8 heterocycles. The zero-order valence-corrected chi connectivity index (χ0v) is 58.2. The monoisotopic (exact) mass is 1380 g/mol. The number of methoxy groups -OCH3 is 2. The lowest BCUT2D eigenvalue weighted by atomic mass is 9.71. The molecule has 4 N–H and O–H groups in total. The molecule has 18 nitrogen and oxygen atoms in total. The molecule has 94 heavy (non-hydrogen) atoms. The average molecular weight is 1380 g/mol. The van der Waals surface area contributed by atoms with Crippen molar-refractivity contribution in [3.05, 3.63) is 107 Å². The number of carbonyl (C=O) groups excluding carboxylic acids is 1. The lowest BCUT2D eigenvalue weighted by Crippen LogP contribution is -2.58. The molecule has 0 amide bonds. The number of β-amino-alcohol motifs (C(OH)–C–C–N with tert-alkyl or cyclic N) is 1. The summed E-state index contributed by atoms with van der Waals surface area (Å²) in [5.74, 6) is -2.56. The van der Waals surface area contributed by atoms with Crippen LogP contribution in [0.5, 0.6) is 0 Å². The van der Waals surface area contributed by atoms with E-state index in [-0.39, 0.29) is 74.1 Å². The van der Waals surface area contributed by atoms with Crippen LogP contribution in [-0.4, -0.2) is 207 Å². The lowest BCUT2D eigenvalue weighted by Gasteiger charge is -2.48. The highest BCUT2D eigenvalue weighted by Gasteiger charge is 2.60. The Bertz CT molecular complexity index is 2990. The molecule has 20 unspecified atom stereocenters. The maximum Gasteiger partial charge on any atom is 0.416 e. The Labute approximate surface area is 569 Å². The molecule has 1 spiro atoms. The Morgan fingerprint density at radius 1 is 0.809 bits per heavy atom. The topological polar surface area (TPSA) is 200 Å². The number of allylic oxidation sites excluding steroid dienone is 2. The number of hydrogen-bond donors (Lipinski definition) is 4. The maximum absolute atomic E-state index is 14.3. The second-order valence-electron chi connectivity index (χ2n) is 26.6. The van der Waals surface area contributed by atoms with Crippen LogP contribution in [0.2, 0.25) is 0 Å². The van der Waals surface area contributed by atoms with Crippen molar-refractivity contribution in [3.63, 3.8) is 0 Å². The molecule has 5 fully saturated rings. The fourth-order valence-corrected chi connectivity index (χ4v) is 15.7. The third kappa shape index (κ3) is 17.2. The standard InChI is InChI=1S/C48H72O14.C22H26F3N3OS.2ClH/c1-11-25(2)43-28(5)17-18-47(62-43)23-34-20-33(61-47)16-15-27(4)42(26(3)13-12-14-32-24-55-45-40(49)29(6)19-35(46(51)58-34)48(32,45)52)59-39-22-37(54-10)44(31(8)57-39)60-38-21-36(53-9)41(50)30(7)56-38;23-22(24,25)17-6-7-21-19(16-17)28(18-4-1-2-5-20(18)30-21)9-3-8-26-10-12-27(13-11-26)14-15-29;;/h12-15,17-19,25-26,28,30-31,33-45,49-50,52H,11,16,20-24H2,1-10H3;1-2,4-7,16,29H,3,8-15H2;2*1H. The van der Waals surface area contributed by atoms with Gasteiger partial charge >= 0.3 is 12.1 Å². The van der Waals surface area contributed by atoms with Crippen molar-refractivity contribution in [3.8, 4) is 0 Å². The smallest absolute Gasteiger partial charge is 0.416 e. The number of anilines is 2. The van der Waals surface area contributed by atoms with Gasteiger partial charge in [0, 0.05) is 101 Å². The molecule has 2 aromatic rings. The van der Waals surface area contributed by atoms with Crippen LogP contribution in [0.15, 0.2) is 112 Å². The fraction of sp³-hybridized carbons (Fsp3) is 0.671. The zero-order chi connectivity index (χ0) is 65.8. The number of piperazine rings is 1. The summed E-state index contributed by atoms with van der Waals surface area (Å²) < 4.78 is 104. The molecule has 2 aromatic carbocycles. The van der Waals surface area contributed by atoms with E-state index < -0.39 is 103 Å². The Balaban J connectivity index is 0.000000296. The van der Waals surface area contributed by atoms with Crippen LogP contribution in [0.4, 0.5) is 24.5 Å². The molecular formula is C70H100Cl2F3N3O15S. The van der Waals surface area contributed by atoms with Gasteiger partial charge in [-0.1, -0.05) is 94.5 Å². The summed E-state index contributed by atoms with van der Waals surface area (Å²) in [6.45, 7) is 22.4. The van der Waals surface area contributed by atoms with Crippen LogP contribution >= 0.6 is 36.6 Å². The number of alkyl halides is 3. The van der Waals surface area contributed by atoms with E-state index in [0.29, 0.717) is 62.0 Å². The van der Waals surface area contributed by atoms with Crippen molar-refractivity contribution in [2.24, 2.45) is 23.7 Å². The van der Waals surface area contributed by atoms with Crippen LogP contribution in [0.25, 0.3) is 0 Å². The number of rotatable bonds is 14. The van der Waals surface area contributed by atoms with E-state index in [1.54, 1.807) is 46.3 Å². The number of fused-ring (bicyclic) bond motifs is 4. The predicted octanol–water partition coefficient (Wildman–Crippen LogP) is 10.5. The van der Waals surface area contributed by atoms with Crippen LogP contribution in [0.3, 0.4) is 0 Å². The minimum atomic E-state index is -4.35. The summed E-state index contributed by atoms with van der Waals surface area (Å²) >= 11 is 1.53. The van der Waals surface area contributed by atoms with Gasteiger partial charge in [0.15, 0.2) is 18.4 Å². The first kappa shape index (κ1) is 76.3. The number of nitrogens with zero attached hydrogens (tertiary/aromatic N) is 3. The van der Waals surface area contributed by atoms with Gasteiger partial charge in [0.25, 0.3) is 0 Å². The van der Waals surface area contributed by atoms with Gasteiger partial charge < -0.3 is 77.6 Å². The molecule has 5 saturated heterocycles. The lowest BCUT2D eigenvalue weighted by molar-refractivity contribution is -0.318. The quantitative estimate of drug-likeness (QED) is 0.103. The number of aliphatic hydroxyl groups is 4. The van der Waals surface area contributed by atoms with E-state index in [1.807, 2.05) is 61.2 Å². The van der Waals surface area contributed by atoms with E-state index in [4.69, 9.17) is 52.5 Å². The van der Waals surface area contributed by atoms with E-state index >= 15 is 0 Å². The maximum atomic E-state index is 14.3. The molecule has 0 aromatic heterocycles. The first-order valence-corrected chi connectivity index (χ1v) is 33.9. The first-order valence-electron chi connectivity index (χ1n) is 33.1. The largest absolute Gasteiger partial charge is 0.462 e. The third-order valence-electron chi connectivity index (χ3n) is 20.2. The summed E-state index contributed by atoms with van der Waals surface area (Å²) in [5.41, 5.74) is 1.14. The molecule has 9 aliphatic rings. The molecular weight excluding hydrogens is 1280 g/mol. The number of halogens is 5. The summed E-state index contributed by atoms with van der Waals surface area (Å²) in [6.07, 6.45) is 5.07. The number of esters is 1. The number of para-hydroxylation sites is 1. The van der Waals surface area contributed by atoms with Gasteiger partial charge in [0.1, 0.15) is 42.0 Å². The first-order chi connectivity index (χ1) is 44.0. The third-order valence-corrected chi connectivity index (χ3v) is 21.3. The highest BCUT2D eigenvalue weighted by molar-refractivity contribution is 7.99. The van der Waals surface area contributed by atoms with Crippen molar-refractivity contribution in [2.45, 2.75) is 214 Å². The Morgan fingerprint density at radius 3 is 2.19 bits per heavy atom.